The number of benzene rings is 1. The van der Waals surface area contributed by atoms with Gasteiger partial charge in [0.1, 0.15) is 18.9 Å². The molecular weight excluding hydrogens is 244 g/mol. The average Bonchev–Trinajstić information content (AvgIpc) is 3.09. The van der Waals surface area contributed by atoms with Gasteiger partial charge in [0, 0.05) is 0 Å². The SMILES string of the molecule is N#Cc1ncn(Cc2nnnn2-c2ccccc2)n1. The van der Waals surface area contributed by atoms with Crippen LogP contribution < -0.4 is 0 Å². The van der Waals surface area contributed by atoms with E-state index < -0.39 is 0 Å². The third-order valence-corrected chi connectivity index (χ3v) is 2.47. The summed E-state index contributed by atoms with van der Waals surface area (Å²) in [6.07, 6.45) is 1.47. The summed E-state index contributed by atoms with van der Waals surface area (Å²) in [4.78, 5) is 3.83. The highest BCUT2D eigenvalue weighted by Gasteiger charge is 2.09. The summed E-state index contributed by atoms with van der Waals surface area (Å²) in [5.41, 5.74) is 0.864. The van der Waals surface area contributed by atoms with E-state index in [9.17, 15) is 0 Å². The van der Waals surface area contributed by atoms with Crippen molar-refractivity contribution in [2.24, 2.45) is 0 Å². The van der Waals surface area contributed by atoms with E-state index in [1.54, 1.807) is 4.68 Å². The van der Waals surface area contributed by atoms with Crippen molar-refractivity contribution >= 4 is 0 Å². The van der Waals surface area contributed by atoms with Gasteiger partial charge >= 0.3 is 0 Å². The van der Waals surface area contributed by atoms with Crippen LogP contribution in [0.25, 0.3) is 5.69 Å². The van der Waals surface area contributed by atoms with Crippen LogP contribution in [-0.4, -0.2) is 35.0 Å². The highest BCUT2D eigenvalue weighted by atomic mass is 15.6. The first-order valence-electron chi connectivity index (χ1n) is 5.49. The van der Waals surface area contributed by atoms with Crippen molar-refractivity contribution in [2.45, 2.75) is 6.54 Å². The Bertz CT molecular complexity index is 720. The maximum absolute atomic E-state index is 8.68. The quantitative estimate of drug-likeness (QED) is 0.659. The van der Waals surface area contributed by atoms with E-state index in [1.807, 2.05) is 36.4 Å². The van der Waals surface area contributed by atoms with Gasteiger partial charge in [-0.1, -0.05) is 18.2 Å². The molecule has 2 aromatic heterocycles. The number of aromatic nitrogens is 7. The Morgan fingerprint density at radius 2 is 2.05 bits per heavy atom. The molecule has 1 aromatic carbocycles. The second-order valence-corrected chi connectivity index (χ2v) is 3.72. The number of nitriles is 1. The van der Waals surface area contributed by atoms with E-state index in [-0.39, 0.29) is 5.82 Å². The zero-order valence-corrected chi connectivity index (χ0v) is 9.75. The van der Waals surface area contributed by atoms with Crippen molar-refractivity contribution in [3.05, 3.63) is 48.3 Å². The molecule has 0 aliphatic heterocycles. The van der Waals surface area contributed by atoms with E-state index >= 15 is 0 Å². The standard InChI is InChI=1S/C11H8N8/c12-6-10-13-8-18(15-10)7-11-14-16-17-19(11)9-4-2-1-3-5-9/h1-5,8H,7H2. The van der Waals surface area contributed by atoms with Crippen LogP contribution in [0.3, 0.4) is 0 Å². The van der Waals surface area contributed by atoms with Gasteiger partial charge in [0.05, 0.1) is 5.69 Å². The first kappa shape index (κ1) is 11.0. The Morgan fingerprint density at radius 3 is 2.79 bits per heavy atom. The lowest BCUT2D eigenvalue weighted by atomic mass is 10.3. The first-order chi connectivity index (χ1) is 9.36. The average molecular weight is 252 g/mol. The number of hydrogen-bond donors (Lipinski definition) is 0. The summed E-state index contributed by atoms with van der Waals surface area (Å²) >= 11 is 0. The van der Waals surface area contributed by atoms with Gasteiger partial charge < -0.3 is 0 Å². The van der Waals surface area contributed by atoms with Gasteiger partial charge in [0.25, 0.3) is 5.82 Å². The molecule has 8 nitrogen and oxygen atoms in total. The molecular formula is C11H8N8. The number of tetrazole rings is 1. The van der Waals surface area contributed by atoms with Crippen LogP contribution in [0.2, 0.25) is 0 Å². The van der Waals surface area contributed by atoms with Crippen LogP contribution in [0.5, 0.6) is 0 Å². The van der Waals surface area contributed by atoms with Crippen LogP contribution >= 0.6 is 0 Å². The number of nitrogens with zero attached hydrogens (tertiary/aromatic N) is 8. The van der Waals surface area contributed by atoms with Gasteiger partial charge in [-0.05, 0) is 22.6 Å². The molecule has 0 saturated carbocycles. The third-order valence-electron chi connectivity index (χ3n) is 2.47. The predicted molar refractivity (Wildman–Crippen MR) is 63.0 cm³/mol. The molecule has 19 heavy (non-hydrogen) atoms. The maximum atomic E-state index is 8.68. The summed E-state index contributed by atoms with van der Waals surface area (Å²) in [5, 5.41) is 24.2. The fraction of sp³-hybridized carbons (Fsp3) is 0.0909. The molecule has 0 atom stereocenters. The Labute approximate surface area is 107 Å². The van der Waals surface area contributed by atoms with Gasteiger partial charge in [-0.15, -0.1) is 10.2 Å². The summed E-state index contributed by atoms with van der Waals surface area (Å²) in [6, 6.07) is 11.4. The molecule has 0 saturated heterocycles. The summed E-state index contributed by atoms with van der Waals surface area (Å²) in [5.74, 6) is 0.735. The van der Waals surface area contributed by atoms with E-state index in [0.29, 0.717) is 12.4 Å². The topological polar surface area (TPSA) is 98.1 Å². The van der Waals surface area contributed by atoms with Crippen molar-refractivity contribution in [3.63, 3.8) is 0 Å². The fourth-order valence-electron chi connectivity index (χ4n) is 1.64. The Balaban J connectivity index is 1.91. The second kappa shape index (κ2) is 4.66. The number of para-hydroxylation sites is 1. The molecule has 0 amide bonds. The van der Waals surface area contributed by atoms with E-state index in [1.165, 1.54) is 11.0 Å². The molecule has 0 radical (unpaired) electrons. The largest absolute Gasteiger partial charge is 0.252 e. The van der Waals surface area contributed by atoms with Crippen molar-refractivity contribution in [2.75, 3.05) is 0 Å². The summed E-state index contributed by atoms with van der Waals surface area (Å²) < 4.78 is 3.14. The van der Waals surface area contributed by atoms with E-state index in [0.717, 1.165) is 5.69 Å². The third kappa shape index (κ3) is 2.16. The van der Waals surface area contributed by atoms with Crippen LogP contribution in [0.15, 0.2) is 36.7 Å². The van der Waals surface area contributed by atoms with Gasteiger partial charge in [0.2, 0.25) is 0 Å². The zero-order valence-electron chi connectivity index (χ0n) is 9.75. The molecule has 0 bridgehead atoms. The number of rotatable bonds is 3. The van der Waals surface area contributed by atoms with Crippen LogP contribution in [-0.2, 0) is 6.54 Å². The fourth-order valence-corrected chi connectivity index (χ4v) is 1.64. The normalized spacial score (nSPS) is 10.3. The van der Waals surface area contributed by atoms with Gasteiger partial charge in [-0.25, -0.2) is 9.67 Å². The Kier molecular flexibility index (Phi) is 2.70. The molecule has 0 spiro atoms. The molecule has 0 aliphatic carbocycles. The second-order valence-electron chi connectivity index (χ2n) is 3.72. The lowest BCUT2D eigenvalue weighted by molar-refractivity contribution is 0.631. The van der Waals surface area contributed by atoms with Crippen LogP contribution in [0.4, 0.5) is 0 Å². The molecule has 0 fully saturated rings. The molecule has 0 N–H and O–H groups in total. The molecule has 8 heteroatoms. The Hall–Kier alpha value is -3.08. The van der Waals surface area contributed by atoms with E-state index in [2.05, 4.69) is 25.6 Å². The molecule has 0 aliphatic rings. The minimum atomic E-state index is 0.124. The van der Waals surface area contributed by atoms with Crippen molar-refractivity contribution in [1.82, 2.24) is 35.0 Å². The van der Waals surface area contributed by atoms with Gasteiger partial charge in [0.15, 0.2) is 5.82 Å². The summed E-state index contributed by atoms with van der Waals surface area (Å²) in [7, 11) is 0. The van der Waals surface area contributed by atoms with Crippen LogP contribution in [0.1, 0.15) is 11.6 Å². The highest BCUT2D eigenvalue weighted by molar-refractivity contribution is 5.30. The van der Waals surface area contributed by atoms with Crippen LogP contribution in [0, 0.1) is 11.3 Å². The predicted octanol–water partition coefficient (Wildman–Crippen LogP) is 0.174. The molecule has 92 valence electrons. The minimum absolute atomic E-state index is 0.124. The Morgan fingerprint density at radius 1 is 1.21 bits per heavy atom. The zero-order chi connectivity index (χ0) is 13.1. The minimum Gasteiger partial charge on any atom is -0.244 e. The number of hydrogen-bond acceptors (Lipinski definition) is 6. The van der Waals surface area contributed by atoms with Crippen molar-refractivity contribution in [1.29, 1.82) is 5.26 Å². The molecule has 3 rings (SSSR count). The summed E-state index contributed by atoms with van der Waals surface area (Å²) in [6.45, 7) is 0.344. The maximum Gasteiger partial charge on any atom is 0.252 e. The molecule has 3 aromatic rings. The van der Waals surface area contributed by atoms with Crippen molar-refractivity contribution < 1.29 is 0 Å². The first-order valence-corrected chi connectivity index (χ1v) is 5.49. The van der Waals surface area contributed by atoms with E-state index in [4.69, 9.17) is 5.26 Å². The lowest BCUT2D eigenvalue weighted by Crippen LogP contribution is -2.09. The smallest absolute Gasteiger partial charge is 0.244 e. The molecule has 2 heterocycles. The van der Waals surface area contributed by atoms with Gasteiger partial charge in [-0.2, -0.15) is 9.94 Å². The molecule has 0 unspecified atom stereocenters. The highest BCUT2D eigenvalue weighted by Crippen LogP contribution is 2.07. The van der Waals surface area contributed by atoms with Crippen molar-refractivity contribution in [3.8, 4) is 11.8 Å². The monoisotopic (exact) mass is 252 g/mol. The lowest BCUT2D eigenvalue weighted by Gasteiger charge is -2.03. The van der Waals surface area contributed by atoms with Gasteiger partial charge in [-0.3, -0.25) is 0 Å².